The van der Waals surface area contributed by atoms with Crippen molar-refractivity contribution in [3.63, 3.8) is 0 Å². The summed E-state index contributed by atoms with van der Waals surface area (Å²) in [4.78, 5) is 0. The highest BCUT2D eigenvalue weighted by molar-refractivity contribution is 5.27. The molecule has 0 saturated heterocycles. The van der Waals surface area contributed by atoms with E-state index in [1.165, 1.54) is 16.7 Å². The molecule has 1 radical (unpaired) electrons. The summed E-state index contributed by atoms with van der Waals surface area (Å²) in [5, 5.41) is 0. The van der Waals surface area contributed by atoms with Crippen molar-refractivity contribution < 1.29 is 0 Å². The molecule has 9 heavy (non-hydrogen) atoms. The zero-order valence-corrected chi connectivity index (χ0v) is 6.15. The fraction of sp³-hybridized carbons (Fsp3) is 0.333. The number of hydrogen-bond acceptors (Lipinski definition) is 0. The molecule has 0 spiro atoms. The zero-order valence-electron chi connectivity index (χ0n) is 6.15. The molecule has 0 heterocycles. The van der Waals surface area contributed by atoms with Gasteiger partial charge in [0.15, 0.2) is 0 Å². The predicted molar refractivity (Wildman–Crippen MR) is 39.5 cm³/mol. The van der Waals surface area contributed by atoms with Gasteiger partial charge >= 0.3 is 0 Å². The average Bonchev–Trinajstić information content (AvgIpc) is 1.80. The van der Waals surface area contributed by atoms with Crippen LogP contribution in [0, 0.1) is 26.8 Å². The van der Waals surface area contributed by atoms with Crippen LogP contribution in [0.5, 0.6) is 0 Å². The lowest BCUT2D eigenvalue weighted by Gasteiger charge is -1.97. The molecule has 1 aromatic rings. The molecule has 0 nitrogen and oxygen atoms in total. The van der Waals surface area contributed by atoms with E-state index in [4.69, 9.17) is 0 Å². The van der Waals surface area contributed by atoms with Crippen molar-refractivity contribution in [3.05, 3.63) is 34.9 Å². The van der Waals surface area contributed by atoms with Crippen LogP contribution in [0.2, 0.25) is 0 Å². The van der Waals surface area contributed by atoms with Gasteiger partial charge in [-0.2, -0.15) is 0 Å². The quantitative estimate of drug-likeness (QED) is 0.492. The van der Waals surface area contributed by atoms with E-state index in [1.807, 2.05) is 6.07 Å². The summed E-state index contributed by atoms with van der Waals surface area (Å²) in [6.45, 7) is 6.29. The minimum absolute atomic E-state index is 1.22. The summed E-state index contributed by atoms with van der Waals surface area (Å²) >= 11 is 0. The Morgan fingerprint density at radius 2 is 1.78 bits per heavy atom. The largest absolute Gasteiger partial charge is 0.0555 e. The third kappa shape index (κ3) is 1.32. The Hall–Kier alpha value is -0.780. The summed E-state index contributed by atoms with van der Waals surface area (Å²) in [7, 11) is 0. The molecule has 0 saturated carbocycles. The zero-order chi connectivity index (χ0) is 6.85. The van der Waals surface area contributed by atoms with Gasteiger partial charge in [-0.15, -0.1) is 0 Å². The van der Waals surface area contributed by atoms with Gasteiger partial charge in [-0.3, -0.25) is 0 Å². The van der Waals surface area contributed by atoms with Crippen molar-refractivity contribution in [2.24, 2.45) is 0 Å². The third-order valence-corrected chi connectivity index (χ3v) is 1.57. The van der Waals surface area contributed by atoms with E-state index in [-0.39, 0.29) is 0 Å². The number of rotatable bonds is 0. The van der Waals surface area contributed by atoms with E-state index >= 15 is 0 Å². The summed E-state index contributed by atoms with van der Waals surface area (Å²) in [6, 6.07) is 7.32. The van der Waals surface area contributed by atoms with Crippen LogP contribution in [0.15, 0.2) is 12.1 Å². The van der Waals surface area contributed by atoms with Gasteiger partial charge in [0.2, 0.25) is 0 Å². The lowest BCUT2D eigenvalue weighted by molar-refractivity contribution is 1.29. The fourth-order valence-corrected chi connectivity index (χ4v) is 0.816. The predicted octanol–water partition coefficient (Wildman–Crippen LogP) is 2.41. The van der Waals surface area contributed by atoms with E-state index in [9.17, 15) is 0 Å². The van der Waals surface area contributed by atoms with Crippen molar-refractivity contribution in [3.8, 4) is 0 Å². The van der Waals surface area contributed by atoms with Crippen LogP contribution in [0.4, 0.5) is 0 Å². The van der Waals surface area contributed by atoms with Gasteiger partial charge in [0.1, 0.15) is 0 Å². The van der Waals surface area contributed by atoms with Crippen LogP contribution >= 0.6 is 0 Å². The van der Waals surface area contributed by atoms with Crippen molar-refractivity contribution in [1.29, 1.82) is 0 Å². The number of benzene rings is 1. The first-order valence-electron chi connectivity index (χ1n) is 3.15. The molecule has 0 atom stereocenters. The molecule has 0 aromatic heterocycles. The highest BCUT2D eigenvalue weighted by Crippen LogP contribution is 2.06. The fourth-order valence-electron chi connectivity index (χ4n) is 0.816. The van der Waals surface area contributed by atoms with E-state index in [1.54, 1.807) is 0 Å². The summed E-state index contributed by atoms with van der Waals surface area (Å²) in [6.07, 6.45) is 0. The monoisotopic (exact) mass is 119 g/mol. The first-order chi connectivity index (χ1) is 4.20. The average molecular weight is 119 g/mol. The Bertz CT molecular complexity index is 211. The first-order valence-corrected chi connectivity index (χ1v) is 3.15. The molecule has 0 N–H and O–H groups in total. The van der Waals surface area contributed by atoms with Gasteiger partial charge in [0.25, 0.3) is 0 Å². The van der Waals surface area contributed by atoms with E-state index in [2.05, 4.69) is 32.9 Å². The smallest absolute Gasteiger partial charge is 0.0149 e. The van der Waals surface area contributed by atoms with E-state index in [0.717, 1.165) is 0 Å². The summed E-state index contributed by atoms with van der Waals surface area (Å²) in [5.41, 5.74) is 3.89. The lowest BCUT2D eigenvalue weighted by atomic mass is 10.1. The number of hydrogen-bond donors (Lipinski definition) is 0. The van der Waals surface area contributed by atoms with Crippen LogP contribution in [0.25, 0.3) is 0 Å². The van der Waals surface area contributed by atoms with Crippen LogP contribution in [0.1, 0.15) is 16.7 Å². The molecular weight excluding hydrogens is 108 g/mol. The molecule has 1 aromatic carbocycles. The lowest BCUT2D eigenvalue weighted by Crippen LogP contribution is -1.80. The SMILES string of the molecule is Cc1[c]cc(C)c(C)c1. The van der Waals surface area contributed by atoms with Gasteiger partial charge in [-0.1, -0.05) is 12.1 Å². The molecule has 0 aliphatic rings. The molecule has 0 aliphatic carbocycles. The van der Waals surface area contributed by atoms with Crippen molar-refractivity contribution in [2.45, 2.75) is 20.8 Å². The minimum Gasteiger partial charge on any atom is -0.0555 e. The van der Waals surface area contributed by atoms with Gasteiger partial charge < -0.3 is 0 Å². The van der Waals surface area contributed by atoms with Gasteiger partial charge in [0, 0.05) is 0 Å². The minimum atomic E-state index is 1.22. The highest BCUT2D eigenvalue weighted by Gasteiger charge is 1.89. The van der Waals surface area contributed by atoms with Gasteiger partial charge in [0.05, 0.1) is 0 Å². The molecule has 0 bridgehead atoms. The Balaban J connectivity index is 3.17. The molecule has 1 rings (SSSR count). The van der Waals surface area contributed by atoms with E-state index in [0.29, 0.717) is 0 Å². The molecule has 0 fully saturated rings. The number of aryl methyl sites for hydroxylation is 3. The van der Waals surface area contributed by atoms with E-state index < -0.39 is 0 Å². The second-order valence-corrected chi connectivity index (χ2v) is 2.48. The van der Waals surface area contributed by atoms with Crippen LogP contribution < -0.4 is 0 Å². The van der Waals surface area contributed by atoms with Gasteiger partial charge in [-0.25, -0.2) is 0 Å². The van der Waals surface area contributed by atoms with Crippen molar-refractivity contribution in [2.75, 3.05) is 0 Å². The Morgan fingerprint density at radius 1 is 1.11 bits per heavy atom. The normalized spacial score (nSPS) is 9.67. The molecule has 0 unspecified atom stereocenters. The van der Waals surface area contributed by atoms with Crippen LogP contribution in [0.3, 0.4) is 0 Å². The maximum absolute atomic E-state index is 3.14. The summed E-state index contributed by atoms with van der Waals surface area (Å²) in [5.74, 6) is 0. The van der Waals surface area contributed by atoms with Crippen molar-refractivity contribution >= 4 is 0 Å². The molecular formula is C9H11. The Morgan fingerprint density at radius 3 is 2.22 bits per heavy atom. The molecule has 0 aliphatic heterocycles. The standard InChI is InChI=1S/C9H11/c1-7-4-5-8(2)9(3)6-7/h5-6H,1-3H3. The van der Waals surface area contributed by atoms with Crippen LogP contribution in [-0.4, -0.2) is 0 Å². The second kappa shape index (κ2) is 2.22. The maximum atomic E-state index is 3.14. The van der Waals surface area contributed by atoms with Crippen molar-refractivity contribution in [1.82, 2.24) is 0 Å². The summed E-state index contributed by atoms with van der Waals surface area (Å²) < 4.78 is 0. The Kier molecular flexibility index (Phi) is 1.56. The van der Waals surface area contributed by atoms with Gasteiger partial charge in [-0.05, 0) is 43.5 Å². The second-order valence-electron chi connectivity index (χ2n) is 2.48. The molecule has 0 heteroatoms. The first kappa shape index (κ1) is 6.34. The Labute approximate surface area is 56.5 Å². The maximum Gasteiger partial charge on any atom is -0.0149 e. The molecule has 47 valence electrons. The molecule has 0 amide bonds. The third-order valence-electron chi connectivity index (χ3n) is 1.57. The van der Waals surface area contributed by atoms with Crippen LogP contribution in [-0.2, 0) is 0 Å². The topological polar surface area (TPSA) is 0 Å². The highest BCUT2D eigenvalue weighted by atomic mass is 13.9.